The van der Waals surface area contributed by atoms with Crippen molar-refractivity contribution in [2.45, 2.75) is 23.9 Å². The van der Waals surface area contributed by atoms with Crippen LogP contribution in [0.5, 0.6) is 0 Å². The molecule has 0 radical (unpaired) electrons. The third kappa shape index (κ3) is 5.33. The van der Waals surface area contributed by atoms with Gasteiger partial charge in [-0.1, -0.05) is 11.8 Å². The molecule has 1 aromatic heterocycles. The smallest absolute Gasteiger partial charge is 0.238 e. The van der Waals surface area contributed by atoms with E-state index in [0.29, 0.717) is 0 Å². The van der Waals surface area contributed by atoms with Crippen molar-refractivity contribution in [3.8, 4) is 0 Å². The van der Waals surface area contributed by atoms with Gasteiger partial charge < -0.3 is 39.3 Å². The van der Waals surface area contributed by atoms with Crippen molar-refractivity contribution in [2.75, 3.05) is 12.3 Å². The minimum atomic E-state index is 0. The topological polar surface area (TPSA) is 30.8 Å². The van der Waals surface area contributed by atoms with E-state index in [0.717, 1.165) is 6.04 Å². The van der Waals surface area contributed by atoms with Crippen LogP contribution in [0.2, 0.25) is 0 Å². The van der Waals surface area contributed by atoms with Crippen molar-refractivity contribution in [3.05, 3.63) is 24.4 Å². The largest absolute Gasteiger partial charge is 1.00 e. The van der Waals surface area contributed by atoms with Crippen LogP contribution in [-0.4, -0.2) is 18.3 Å². The number of rotatable bonds is 3. The first kappa shape index (κ1) is 15.4. The first-order valence-corrected chi connectivity index (χ1v) is 5.86. The highest BCUT2D eigenvalue weighted by Gasteiger charge is 2.18. The summed E-state index contributed by atoms with van der Waals surface area (Å²) in [4.78, 5) is 3.24. The summed E-state index contributed by atoms with van der Waals surface area (Å²) in [5, 5.41) is 3.75. The van der Waals surface area contributed by atoms with E-state index < -0.39 is 0 Å². The Morgan fingerprint density at radius 3 is 2.87 bits per heavy atom. The third-order valence-corrected chi connectivity index (χ3v) is 3.57. The molecule has 2 nitrogen and oxygen atoms in total. The van der Waals surface area contributed by atoms with E-state index in [-0.39, 0.29) is 34.0 Å². The molecular formula is C10H16Br2N2S. The molecule has 0 aliphatic carbocycles. The number of nitrogens with one attached hydrogen (secondary N) is 1. The molecule has 5 heteroatoms. The van der Waals surface area contributed by atoms with Crippen LogP contribution in [0.15, 0.2) is 29.4 Å². The van der Waals surface area contributed by atoms with Gasteiger partial charge in [0.25, 0.3) is 0 Å². The lowest BCUT2D eigenvalue weighted by atomic mass is 10.3. The average Bonchev–Trinajstić information content (AvgIpc) is 2.69. The molecule has 0 aromatic carbocycles. The zero-order valence-electron chi connectivity index (χ0n) is 8.46. The first-order chi connectivity index (χ1) is 6.45. The summed E-state index contributed by atoms with van der Waals surface area (Å²) in [6.45, 7) is 1.32. The van der Waals surface area contributed by atoms with Crippen LogP contribution in [-0.2, 0) is 0 Å². The quantitative estimate of drug-likeness (QED) is 0.538. The van der Waals surface area contributed by atoms with Gasteiger partial charge in [0, 0.05) is 25.0 Å². The number of hydrogen-bond acceptors (Lipinski definition) is 1. The number of aromatic nitrogens is 1. The number of thioether (sulfide) groups is 1. The molecule has 0 amide bonds. The predicted octanol–water partition coefficient (Wildman–Crippen LogP) is -5.67. The molecule has 0 unspecified atom stereocenters. The first-order valence-electron chi connectivity index (χ1n) is 4.88. The van der Waals surface area contributed by atoms with Gasteiger partial charge in [-0.2, -0.15) is 0 Å². The molecule has 3 N–H and O–H groups in total. The molecule has 1 aromatic rings. The van der Waals surface area contributed by atoms with Crippen molar-refractivity contribution in [1.29, 1.82) is 0 Å². The monoisotopic (exact) mass is 354 g/mol. The highest BCUT2D eigenvalue weighted by Crippen LogP contribution is 2.14. The summed E-state index contributed by atoms with van der Waals surface area (Å²) in [6.07, 6.45) is 4.77. The van der Waals surface area contributed by atoms with Gasteiger partial charge in [0.1, 0.15) is 0 Å². The Morgan fingerprint density at radius 2 is 2.27 bits per heavy atom. The Labute approximate surface area is 116 Å². The standard InChI is InChI=1S/C10H14N2S.2BrH/c1-2-6-12-10(5-1)13-8-9-4-3-7-11-9;;/h1-2,5-6,9,11H,3-4,7-8H2;2*1H/t9-;;/m0../s1. The van der Waals surface area contributed by atoms with E-state index in [4.69, 9.17) is 0 Å². The second-order valence-electron chi connectivity index (χ2n) is 3.46. The van der Waals surface area contributed by atoms with Crippen LogP contribution >= 0.6 is 11.8 Å². The minimum absolute atomic E-state index is 0. The molecule has 1 atom stereocenters. The van der Waals surface area contributed by atoms with Crippen molar-refractivity contribution in [1.82, 2.24) is 0 Å². The molecule has 86 valence electrons. The lowest BCUT2D eigenvalue weighted by Crippen LogP contribution is -3.00. The van der Waals surface area contributed by atoms with Gasteiger partial charge in [-0.25, -0.2) is 4.98 Å². The summed E-state index contributed by atoms with van der Waals surface area (Å²) in [5.41, 5.74) is 0. The van der Waals surface area contributed by atoms with Crippen LogP contribution in [0, 0.1) is 0 Å². The number of halogens is 2. The summed E-state index contributed by atoms with van der Waals surface area (Å²) in [7, 11) is 0. The maximum Gasteiger partial charge on any atom is 0.238 e. The van der Waals surface area contributed by atoms with Crippen LogP contribution in [0.4, 0.5) is 0 Å². The molecular weight excluding hydrogens is 340 g/mol. The highest BCUT2D eigenvalue weighted by molar-refractivity contribution is 7.99. The molecule has 1 aliphatic rings. The van der Waals surface area contributed by atoms with Gasteiger partial charge in [-0.3, -0.25) is 0 Å². The van der Waals surface area contributed by atoms with Gasteiger partial charge in [0.2, 0.25) is 5.03 Å². The summed E-state index contributed by atoms with van der Waals surface area (Å²) < 4.78 is 0. The van der Waals surface area contributed by atoms with E-state index in [1.54, 1.807) is 0 Å². The lowest BCUT2D eigenvalue weighted by Gasteiger charge is -2.02. The van der Waals surface area contributed by atoms with Gasteiger partial charge in [-0.05, 0) is 6.07 Å². The van der Waals surface area contributed by atoms with Crippen molar-refractivity contribution in [3.63, 3.8) is 0 Å². The molecule has 2 rings (SSSR count). The number of aromatic amines is 1. The molecule has 0 bridgehead atoms. The summed E-state index contributed by atoms with van der Waals surface area (Å²) >= 11 is 1.93. The van der Waals surface area contributed by atoms with E-state index >= 15 is 0 Å². The van der Waals surface area contributed by atoms with Crippen molar-refractivity contribution < 1.29 is 44.3 Å². The van der Waals surface area contributed by atoms with E-state index in [2.05, 4.69) is 22.4 Å². The average molecular weight is 356 g/mol. The van der Waals surface area contributed by atoms with E-state index in [1.807, 2.05) is 24.0 Å². The van der Waals surface area contributed by atoms with Gasteiger partial charge in [-0.15, -0.1) is 0 Å². The fraction of sp³-hybridized carbons (Fsp3) is 0.500. The van der Waals surface area contributed by atoms with Gasteiger partial charge >= 0.3 is 0 Å². The number of quaternary nitrogens is 1. The van der Waals surface area contributed by atoms with E-state index in [9.17, 15) is 0 Å². The Morgan fingerprint density at radius 1 is 1.40 bits per heavy atom. The minimum Gasteiger partial charge on any atom is -1.00 e. The molecule has 0 spiro atoms. The number of hydrogen-bond donors (Lipinski definition) is 1. The molecule has 2 heterocycles. The van der Waals surface area contributed by atoms with Crippen LogP contribution < -0.4 is 44.3 Å². The second kappa shape index (κ2) is 8.56. The molecule has 1 aliphatic heterocycles. The maximum atomic E-state index is 3.24. The molecule has 1 saturated heterocycles. The number of nitrogens with two attached hydrogens (primary N) is 1. The maximum absolute atomic E-state index is 3.24. The third-order valence-electron chi connectivity index (χ3n) is 2.41. The highest BCUT2D eigenvalue weighted by atomic mass is 79.9. The Kier molecular flexibility index (Phi) is 8.80. The van der Waals surface area contributed by atoms with Gasteiger partial charge in [0.15, 0.2) is 6.20 Å². The number of pyridine rings is 1. The van der Waals surface area contributed by atoms with Crippen LogP contribution in [0.3, 0.4) is 0 Å². The van der Waals surface area contributed by atoms with Gasteiger partial charge in [0.05, 0.1) is 18.3 Å². The molecule has 0 saturated carbocycles. The zero-order valence-corrected chi connectivity index (χ0v) is 12.4. The Balaban J connectivity index is 0.000000980. The SMILES string of the molecule is [Br-].[Br-].c1ccc(SC[C@@H]2CCC[NH2+]2)[nH+]c1. The fourth-order valence-electron chi connectivity index (χ4n) is 1.67. The van der Waals surface area contributed by atoms with E-state index in [1.165, 1.54) is 30.2 Å². The summed E-state index contributed by atoms with van der Waals surface area (Å²) in [5.74, 6) is 1.24. The molecule has 1 fully saturated rings. The van der Waals surface area contributed by atoms with Crippen LogP contribution in [0.1, 0.15) is 12.8 Å². The second-order valence-corrected chi connectivity index (χ2v) is 4.53. The Bertz CT molecular complexity index is 253. The normalized spacial score (nSPS) is 19.1. The van der Waals surface area contributed by atoms with Crippen molar-refractivity contribution >= 4 is 11.8 Å². The predicted molar refractivity (Wildman–Crippen MR) is 53.5 cm³/mol. The summed E-state index contributed by atoms with van der Waals surface area (Å²) in [6, 6.07) is 7.08. The van der Waals surface area contributed by atoms with Crippen molar-refractivity contribution in [2.24, 2.45) is 0 Å². The lowest BCUT2D eigenvalue weighted by molar-refractivity contribution is -0.665. The number of H-pyrrole nitrogens is 1. The Hall–Kier alpha value is 0.420. The van der Waals surface area contributed by atoms with Crippen LogP contribution in [0.25, 0.3) is 0 Å². The fourth-order valence-corrected chi connectivity index (χ4v) is 2.69. The zero-order chi connectivity index (χ0) is 8.93. The molecule has 15 heavy (non-hydrogen) atoms.